The van der Waals surface area contributed by atoms with Crippen LogP contribution in [0.3, 0.4) is 0 Å². The summed E-state index contributed by atoms with van der Waals surface area (Å²) < 4.78 is 28.3. The molecule has 0 heterocycles. The zero-order valence-corrected chi connectivity index (χ0v) is 13.8. The first-order valence-corrected chi connectivity index (χ1v) is 7.47. The van der Waals surface area contributed by atoms with E-state index in [1.807, 2.05) is 19.1 Å². The maximum atomic E-state index is 13.7. The minimum Gasteiger partial charge on any atom is -0.207 e. The van der Waals surface area contributed by atoms with Gasteiger partial charge in [-0.3, -0.25) is 0 Å². The van der Waals surface area contributed by atoms with Crippen LogP contribution in [0.5, 0.6) is 0 Å². The minimum absolute atomic E-state index is 0.250. The summed E-state index contributed by atoms with van der Waals surface area (Å²) >= 11 is 13.1. The van der Waals surface area contributed by atoms with Crippen molar-refractivity contribution in [1.29, 1.82) is 0 Å². The Hall–Kier alpha value is -0.450. The van der Waals surface area contributed by atoms with Crippen LogP contribution in [0.25, 0.3) is 0 Å². The Kier molecular flexibility index (Phi) is 4.64. The van der Waals surface area contributed by atoms with Crippen molar-refractivity contribution < 1.29 is 8.78 Å². The van der Waals surface area contributed by atoms with E-state index >= 15 is 0 Å². The third kappa shape index (κ3) is 3.18. The molecule has 0 N–H and O–H groups in total. The predicted molar refractivity (Wildman–Crippen MR) is 80.6 cm³/mol. The van der Waals surface area contributed by atoms with Crippen molar-refractivity contribution in [3.05, 3.63) is 67.6 Å². The second-order valence-electron chi connectivity index (χ2n) is 4.15. The van der Waals surface area contributed by atoms with Gasteiger partial charge in [0.2, 0.25) is 0 Å². The van der Waals surface area contributed by atoms with Crippen LogP contribution in [0.15, 0.2) is 39.3 Å². The van der Waals surface area contributed by atoms with Gasteiger partial charge in [0.25, 0.3) is 0 Å². The van der Waals surface area contributed by atoms with Crippen molar-refractivity contribution in [2.75, 3.05) is 0 Å². The quantitative estimate of drug-likeness (QED) is 0.523. The molecule has 0 radical (unpaired) electrons. The third-order valence-electron chi connectivity index (χ3n) is 2.79. The fourth-order valence-corrected chi connectivity index (χ4v) is 3.27. The van der Waals surface area contributed by atoms with Gasteiger partial charge >= 0.3 is 0 Å². The summed E-state index contributed by atoms with van der Waals surface area (Å²) in [6, 6.07) is 7.13. The van der Waals surface area contributed by atoms with Crippen LogP contribution in [0.2, 0.25) is 0 Å². The Bertz CT molecular complexity index is 629. The normalized spacial score (nSPS) is 12.5. The van der Waals surface area contributed by atoms with Gasteiger partial charge in [0, 0.05) is 20.6 Å². The number of aryl methyl sites for hydroxylation is 1. The molecule has 0 bridgehead atoms. The Morgan fingerprint density at radius 3 is 2.32 bits per heavy atom. The van der Waals surface area contributed by atoms with Gasteiger partial charge in [-0.1, -0.05) is 37.9 Å². The van der Waals surface area contributed by atoms with Crippen LogP contribution in [-0.2, 0) is 0 Å². The zero-order valence-electron chi connectivity index (χ0n) is 9.85. The summed E-state index contributed by atoms with van der Waals surface area (Å²) in [5, 5.41) is -0.688. The molecule has 0 saturated carbocycles. The van der Waals surface area contributed by atoms with E-state index in [4.69, 9.17) is 11.6 Å². The van der Waals surface area contributed by atoms with E-state index in [2.05, 4.69) is 31.9 Å². The molecule has 0 saturated heterocycles. The lowest BCUT2D eigenvalue weighted by atomic mass is 10.0. The highest BCUT2D eigenvalue weighted by Gasteiger charge is 2.19. The van der Waals surface area contributed by atoms with Crippen LogP contribution in [-0.4, -0.2) is 0 Å². The highest BCUT2D eigenvalue weighted by atomic mass is 79.9. The largest absolute Gasteiger partial charge is 0.207 e. The highest BCUT2D eigenvalue weighted by Crippen LogP contribution is 2.37. The number of hydrogen-bond acceptors (Lipinski definition) is 0. The first-order valence-electron chi connectivity index (χ1n) is 5.44. The third-order valence-corrected chi connectivity index (χ3v) is 4.80. The van der Waals surface area contributed by atoms with Gasteiger partial charge in [-0.05, 0) is 36.2 Å². The molecule has 0 aliphatic rings. The summed E-state index contributed by atoms with van der Waals surface area (Å²) in [5.41, 5.74) is 2.02. The lowest BCUT2D eigenvalue weighted by Crippen LogP contribution is -1.99. The standard InChI is InChI=1S/C14H9Br2ClF2/c1-7-4-12(16)10(6-11(7)15)14(17)9-3-2-8(18)5-13(9)19/h2-6,14H,1H3. The number of benzene rings is 2. The lowest BCUT2D eigenvalue weighted by molar-refractivity contribution is 0.573. The van der Waals surface area contributed by atoms with Gasteiger partial charge in [-0.2, -0.15) is 0 Å². The van der Waals surface area contributed by atoms with Crippen LogP contribution in [0.4, 0.5) is 8.78 Å². The molecule has 2 rings (SSSR count). The van der Waals surface area contributed by atoms with E-state index in [1.54, 1.807) is 0 Å². The maximum Gasteiger partial charge on any atom is 0.131 e. The second kappa shape index (κ2) is 5.90. The summed E-state index contributed by atoms with van der Waals surface area (Å²) in [6.07, 6.45) is 0. The monoisotopic (exact) mass is 408 g/mol. The average Bonchev–Trinajstić information content (AvgIpc) is 2.33. The fourth-order valence-electron chi connectivity index (χ4n) is 1.73. The Balaban J connectivity index is 2.49. The molecule has 0 aliphatic carbocycles. The Morgan fingerprint density at radius 2 is 1.68 bits per heavy atom. The van der Waals surface area contributed by atoms with E-state index in [-0.39, 0.29) is 5.56 Å². The van der Waals surface area contributed by atoms with Crippen LogP contribution < -0.4 is 0 Å². The van der Waals surface area contributed by atoms with E-state index in [1.165, 1.54) is 12.1 Å². The number of halogens is 5. The molecule has 0 aromatic heterocycles. The molecule has 2 aromatic rings. The van der Waals surface area contributed by atoms with Gasteiger partial charge < -0.3 is 0 Å². The van der Waals surface area contributed by atoms with Crippen molar-refractivity contribution in [3.63, 3.8) is 0 Å². The Morgan fingerprint density at radius 1 is 1.00 bits per heavy atom. The lowest BCUT2D eigenvalue weighted by Gasteiger charge is -2.15. The van der Waals surface area contributed by atoms with Gasteiger partial charge in [0.05, 0.1) is 5.38 Å². The zero-order chi connectivity index (χ0) is 14.2. The van der Waals surface area contributed by atoms with Crippen molar-refractivity contribution in [1.82, 2.24) is 0 Å². The van der Waals surface area contributed by atoms with Crippen molar-refractivity contribution >= 4 is 43.5 Å². The van der Waals surface area contributed by atoms with E-state index < -0.39 is 17.0 Å². The van der Waals surface area contributed by atoms with E-state index in [9.17, 15) is 8.78 Å². The molecule has 19 heavy (non-hydrogen) atoms. The number of rotatable bonds is 2. The molecule has 1 unspecified atom stereocenters. The molecular formula is C14H9Br2ClF2. The van der Waals surface area contributed by atoms with Gasteiger partial charge in [-0.25, -0.2) is 8.78 Å². The first kappa shape index (κ1) is 14.9. The topological polar surface area (TPSA) is 0 Å². The molecular weight excluding hydrogens is 401 g/mol. The van der Waals surface area contributed by atoms with Crippen LogP contribution in [0.1, 0.15) is 22.1 Å². The molecule has 0 fully saturated rings. The minimum atomic E-state index is -0.688. The molecule has 0 aliphatic heterocycles. The van der Waals surface area contributed by atoms with Crippen LogP contribution in [0, 0.1) is 18.6 Å². The first-order chi connectivity index (χ1) is 8.90. The number of hydrogen-bond donors (Lipinski definition) is 0. The Labute approximate surface area is 132 Å². The van der Waals surface area contributed by atoms with Gasteiger partial charge in [0.15, 0.2) is 0 Å². The van der Waals surface area contributed by atoms with Crippen molar-refractivity contribution in [2.45, 2.75) is 12.3 Å². The number of alkyl halides is 1. The SMILES string of the molecule is Cc1cc(Br)c(C(Cl)c2ccc(F)cc2F)cc1Br. The molecule has 0 amide bonds. The van der Waals surface area contributed by atoms with Gasteiger partial charge in [-0.15, -0.1) is 11.6 Å². The molecule has 0 nitrogen and oxygen atoms in total. The molecule has 1 atom stereocenters. The maximum absolute atomic E-state index is 13.7. The van der Waals surface area contributed by atoms with Crippen LogP contribution >= 0.6 is 43.5 Å². The summed E-state index contributed by atoms with van der Waals surface area (Å²) in [5.74, 6) is -1.27. The predicted octanol–water partition coefficient (Wildman–Crippen LogP) is 6.13. The van der Waals surface area contributed by atoms with E-state index in [0.29, 0.717) is 0 Å². The smallest absolute Gasteiger partial charge is 0.131 e. The van der Waals surface area contributed by atoms with Crippen molar-refractivity contribution in [3.8, 4) is 0 Å². The molecule has 2 aromatic carbocycles. The fraction of sp³-hybridized carbons (Fsp3) is 0.143. The van der Waals surface area contributed by atoms with E-state index in [0.717, 1.165) is 26.1 Å². The molecule has 0 spiro atoms. The van der Waals surface area contributed by atoms with Crippen molar-refractivity contribution in [2.24, 2.45) is 0 Å². The second-order valence-corrected chi connectivity index (χ2v) is 6.30. The average molecular weight is 410 g/mol. The summed E-state index contributed by atoms with van der Waals surface area (Å²) in [6.45, 7) is 1.94. The van der Waals surface area contributed by atoms with Gasteiger partial charge in [0.1, 0.15) is 11.6 Å². The highest BCUT2D eigenvalue weighted by molar-refractivity contribution is 9.11. The summed E-state index contributed by atoms with van der Waals surface area (Å²) in [4.78, 5) is 0. The molecule has 5 heteroatoms. The summed E-state index contributed by atoms with van der Waals surface area (Å²) in [7, 11) is 0. The molecule has 100 valence electrons.